The number of nitrogens with one attached hydrogen (secondary N) is 1. The molecular formula is C14H11NS. The molecule has 0 spiro atoms. The molecule has 3 aromatic rings. The van der Waals surface area contributed by atoms with Crippen molar-refractivity contribution in [2.24, 2.45) is 0 Å². The van der Waals surface area contributed by atoms with E-state index < -0.39 is 0 Å². The molecule has 16 heavy (non-hydrogen) atoms. The Bertz CT molecular complexity index is 626. The first-order chi connectivity index (χ1) is 7.86. The van der Waals surface area contributed by atoms with Gasteiger partial charge in [-0.05, 0) is 11.6 Å². The summed E-state index contributed by atoms with van der Waals surface area (Å²) in [6.45, 7) is 0. The second-order valence-corrected chi connectivity index (χ2v) is 4.21. The van der Waals surface area contributed by atoms with Crippen molar-refractivity contribution in [3.8, 4) is 11.3 Å². The van der Waals surface area contributed by atoms with Crippen molar-refractivity contribution in [1.82, 2.24) is 4.98 Å². The molecular weight excluding hydrogens is 214 g/mol. The molecule has 0 aliphatic rings. The molecule has 2 aromatic carbocycles. The Morgan fingerprint density at radius 1 is 0.812 bits per heavy atom. The quantitative estimate of drug-likeness (QED) is 0.579. The first-order valence-electron chi connectivity index (χ1n) is 5.21. The summed E-state index contributed by atoms with van der Waals surface area (Å²) in [7, 11) is 0. The van der Waals surface area contributed by atoms with Crippen LogP contribution in [-0.4, -0.2) is 4.98 Å². The largest absolute Gasteiger partial charge is 0.354 e. The van der Waals surface area contributed by atoms with Crippen LogP contribution in [0.15, 0.2) is 59.5 Å². The molecule has 0 bridgehead atoms. The Morgan fingerprint density at radius 3 is 2.25 bits per heavy atom. The summed E-state index contributed by atoms with van der Waals surface area (Å²) < 4.78 is 0. The minimum atomic E-state index is 1.02. The predicted octanol–water partition coefficient (Wildman–Crippen LogP) is 4.12. The van der Waals surface area contributed by atoms with Gasteiger partial charge in [0.25, 0.3) is 0 Å². The van der Waals surface area contributed by atoms with E-state index in [9.17, 15) is 0 Å². The van der Waals surface area contributed by atoms with Gasteiger partial charge in [0.05, 0.1) is 5.69 Å². The van der Waals surface area contributed by atoms with Crippen molar-refractivity contribution in [2.45, 2.75) is 4.90 Å². The molecule has 0 fully saturated rings. The molecule has 1 N–H and O–H groups in total. The summed E-state index contributed by atoms with van der Waals surface area (Å²) in [6, 6.07) is 18.5. The molecule has 1 nitrogen and oxygen atoms in total. The lowest BCUT2D eigenvalue weighted by Gasteiger charge is -1.98. The van der Waals surface area contributed by atoms with E-state index in [0.717, 1.165) is 16.1 Å². The van der Waals surface area contributed by atoms with Crippen LogP contribution in [0.2, 0.25) is 0 Å². The molecule has 1 aromatic heterocycles. The molecule has 0 aliphatic heterocycles. The van der Waals surface area contributed by atoms with E-state index in [2.05, 4.69) is 41.9 Å². The maximum atomic E-state index is 4.60. The van der Waals surface area contributed by atoms with Crippen molar-refractivity contribution < 1.29 is 0 Å². The first-order valence-corrected chi connectivity index (χ1v) is 5.66. The van der Waals surface area contributed by atoms with E-state index in [1.807, 2.05) is 30.3 Å². The molecule has 78 valence electrons. The number of fused-ring (bicyclic) bond motifs is 1. The van der Waals surface area contributed by atoms with Gasteiger partial charge in [0.2, 0.25) is 0 Å². The molecule has 0 atom stereocenters. The summed E-state index contributed by atoms with van der Waals surface area (Å²) in [6.07, 6.45) is 0. The molecule has 0 saturated carbocycles. The maximum Gasteiger partial charge on any atom is 0.0600 e. The van der Waals surface area contributed by atoms with Crippen LogP contribution < -0.4 is 0 Å². The third-order valence-corrected chi connectivity index (χ3v) is 3.21. The van der Waals surface area contributed by atoms with Crippen LogP contribution in [0, 0.1) is 0 Å². The number of thiol groups is 1. The van der Waals surface area contributed by atoms with Crippen molar-refractivity contribution in [3.63, 3.8) is 0 Å². The van der Waals surface area contributed by atoms with Crippen molar-refractivity contribution in [2.75, 3.05) is 0 Å². The van der Waals surface area contributed by atoms with E-state index in [0.29, 0.717) is 0 Å². The lowest BCUT2D eigenvalue weighted by Crippen LogP contribution is -1.76. The van der Waals surface area contributed by atoms with Gasteiger partial charge in [-0.2, -0.15) is 0 Å². The third-order valence-electron chi connectivity index (χ3n) is 2.74. The zero-order valence-corrected chi connectivity index (χ0v) is 9.54. The van der Waals surface area contributed by atoms with Gasteiger partial charge in [-0.1, -0.05) is 48.5 Å². The van der Waals surface area contributed by atoms with Crippen molar-refractivity contribution in [3.05, 3.63) is 54.6 Å². The number of aromatic amines is 1. The second-order valence-electron chi connectivity index (χ2n) is 3.76. The molecule has 0 saturated heterocycles. The predicted molar refractivity (Wildman–Crippen MR) is 71.0 cm³/mol. The Kier molecular flexibility index (Phi) is 2.22. The van der Waals surface area contributed by atoms with E-state index in [-0.39, 0.29) is 0 Å². The van der Waals surface area contributed by atoms with Crippen molar-refractivity contribution >= 4 is 23.5 Å². The monoisotopic (exact) mass is 225 g/mol. The highest BCUT2D eigenvalue weighted by Gasteiger charge is 2.08. The van der Waals surface area contributed by atoms with E-state index >= 15 is 0 Å². The van der Waals surface area contributed by atoms with Gasteiger partial charge >= 0.3 is 0 Å². The number of hydrogen-bond donors (Lipinski definition) is 2. The average molecular weight is 225 g/mol. The smallest absolute Gasteiger partial charge is 0.0600 e. The summed E-state index contributed by atoms with van der Waals surface area (Å²) >= 11 is 4.60. The number of aromatic nitrogens is 1. The number of rotatable bonds is 1. The maximum absolute atomic E-state index is 4.60. The standard InChI is InChI=1S/C14H11NS/c16-14-11-8-4-5-9-12(11)15-13(14)10-6-2-1-3-7-10/h1-9,15-16H. The Labute approximate surface area is 99.5 Å². The summed E-state index contributed by atoms with van der Waals surface area (Å²) in [5.74, 6) is 0. The van der Waals surface area contributed by atoms with Crippen LogP contribution in [0.25, 0.3) is 22.2 Å². The number of benzene rings is 2. The fraction of sp³-hybridized carbons (Fsp3) is 0. The SMILES string of the molecule is Sc1c(-c2ccccc2)[nH]c2ccccc12. The second kappa shape index (κ2) is 3.72. The lowest BCUT2D eigenvalue weighted by molar-refractivity contribution is 1.40. The van der Waals surface area contributed by atoms with Crippen LogP contribution >= 0.6 is 12.6 Å². The number of H-pyrrole nitrogens is 1. The van der Waals surface area contributed by atoms with Crippen LogP contribution in [0.1, 0.15) is 0 Å². The summed E-state index contributed by atoms with van der Waals surface area (Å²) in [5, 5.41) is 1.17. The summed E-state index contributed by atoms with van der Waals surface area (Å²) in [4.78, 5) is 4.42. The molecule has 3 rings (SSSR count). The molecule has 1 heterocycles. The number of hydrogen-bond acceptors (Lipinski definition) is 1. The molecule has 0 radical (unpaired) electrons. The Morgan fingerprint density at radius 2 is 1.50 bits per heavy atom. The van der Waals surface area contributed by atoms with Crippen molar-refractivity contribution in [1.29, 1.82) is 0 Å². The molecule has 0 unspecified atom stereocenters. The van der Waals surface area contributed by atoms with Gasteiger partial charge in [-0.15, -0.1) is 12.6 Å². The minimum absolute atomic E-state index is 1.02. The number of para-hydroxylation sites is 1. The minimum Gasteiger partial charge on any atom is -0.354 e. The van der Waals surface area contributed by atoms with Gasteiger partial charge in [-0.3, -0.25) is 0 Å². The van der Waals surface area contributed by atoms with Crippen LogP contribution in [0.3, 0.4) is 0 Å². The van der Waals surface area contributed by atoms with Gasteiger partial charge in [-0.25, -0.2) is 0 Å². The zero-order chi connectivity index (χ0) is 11.0. The topological polar surface area (TPSA) is 15.8 Å². The highest BCUT2D eigenvalue weighted by atomic mass is 32.1. The normalized spacial score (nSPS) is 10.8. The molecule has 0 amide bonds. The fourth-order valence-electron chi connectivity index (χ4n) is 1.94. The van der Waals surface area contributed by atoms with Crippen LogP contribution in [0.5, 0.6) is 0 Å². The van der Waals surface area contributed by atoms with Gasteiger partial charge < -0.3 is 4.98 Å². The molecule has 0 aliphatic carbocycles. The van der Waals surface area contributed by atoms with E-state index in [4.69, 9.17) is 0 Å². The zero-order valence-electron chi connectivity index (χ0n) is 8.64. The fourth-order valence-corrected chi connectivity index (χ4v) is 2.32. The molecule has 2 heteroatoms. The van der Waals surface area contributed by atoms with Gasteiger partial charge in [0.1, 0.15) is 0 Å². The Hall–Kier alpha value is -1.67. The highest BCUT2D eigenvalue weighted by molar-refractivity contribution is 7.80. The first kappa shape index (κ1) is 9.55. The van der Waals surface area contributed by atoms with Gasteiger partial charge in [0, 0.05) is 15.8 Å². The van der Waals surface area contributed by atoms with E-state index in [1.165, 1.54) is 10.9 Å². The van der Waals surface area contributed by atoms with E-state index in [1.54, 1.807) is 0 Å². The third kappa shape index (κ3) is 1.42. The Balaban J connectivity index is 2.29. The summed E-state index contributed by atoms with van der Waals surface area (Å²) in [5.41, 5.74) is 3.39. The highest BCUT2D eigenvalue weighted by Crippen LogP contribution is 2.32. The lowest BCUT2D eigenvalue weighted by atomic mass is 10.1. The van der Waals surface area contributed by atoms with Crippen LogP contribution in [-0.2, 0) is 0 Å². The van der Waals surface area contributed by atoms with Gasteiger partial charge in [0.15, 0.2) is 0 Å². The average Bonchev–Trinajstić information content (AvgIpc) is 2.69. The van der Waals surface area contributed by atoms with Crippen LogP contribution in [0.4, 0.5) is 0 Å².